The van der Waals surface area contributed by atoms with Crippen molar-refractivity contribution in [2.45, 2.75) is 37.5 Å². The van der Waals surface area contributed by atoms with Crippen molar-refractivity contribution in [3.05, 3.63) is 60.7 Å². The molecule has 1 saturated heterocycles. The Morgan fingerprint density at radius 1 is 1.19 bits per heavy atom. The van der Waals surface area contributed by atoms with Crippen molar-refractivity contribution in [3.63, 3.8) is 0 Å². The fourth-order valence-electron chi connectivity index (χ4n) is 4.46. The van der Waals surface area contributed by atoms with Crippen molar-refractivity contribution < 1.29 is 14.1 Å². The fraction of sp³-hybridized carbons (Fsp3) is 0.417. The molecule has 0 spiro atoms. The summed E-state index contributed by atoms with van der Waals surface area (Å²) in [6.07, 6.45) is 8.78. The first kappa shape index (κ1) is 19.7. The topological polar surface area (TPSA) is 81.4 Å². The number of piperidine rings is 1. The lowest BCUT2D eigenvalue weighted by atomic mass is 9.75. The molecular formula is C24H26N4O3. The second-order valence-electron chi connectivity index (χ2n) is 8.61. The van der Waals surface area contributed by atoms with E-state index in [2.05, 4.69) is 10.1 Å². The molecule has 2 aliphatic rings. The van der Waals surface area contributed by atoms with Gasteiger partial charge in [-0.05, 0) is 49.4 Å². The van der Waals surface area contributed by atoms with Gasteiger partial charge in [0.15, 0.2) is 12.4 Å². The molecule has 1 unspecified atom stereocenters. The molecule has 1 aliphatic carbocycles. The molecule has 7 heteroatoms. The first-order valence-corrected chi connectivity index (χ1v) is 10.9. The van der Waals surface area contributed by atoms with Gasteiger partial charge in [-0.1, -0.05) is 36.2 Å². The van der Waals surface area contributed by atoms with Gasteiger partial charge in [0.1, 0.15) is 5.75 Å². The summed E-state index contributed by atoms with van der Waals surface area (Å²) >= 11 is 0. The van der Waals surface area contributed by atoms with Crippen molar-refractivity contribution in [1.82, 2.24) is 20.0 Å². The highest BCUT2D eigenvalue weighted by molar-refractivity contribution is 5.78. The molecule has 0 bridgehead atoms. The first-order valence-electron chi connectivity index (χ1n) is 10.9. The molecule has 160 valence electrons. The van der Waals surface area contributed by atoms with Crippen LogP contribution in [0.25, 0.3) is 11.5 Å². The number of amides is 1. The summed E-state index contributed by atoms with van der Waals surface area (Å²) in [6, 6.07) is 13.2. The van der Waals surface area contributed by atoms with E-state index in [1.54, 1.807) is 12.4 Å². The Bertz CT molecular complexity index is 1020. The van der Waals surface area contributed by atoms with Crippen LogP contribution in [0.15, 0.2) is 59.4 Å². The average Bonchev–Trinajstić information content (AvgIpc) is 3.48. The lowest BCUT2D eigenvalue weighted by Gasteiger charge is -2.41. The van der Waals surface area contributed by atoms with Crippen LogP contribution in [0.5, 0.6) is 5.75 Å². The fourth-order valence-corrected chi connectivity index (χ4v) is 4.46. The number of carbonyl (C=O) groups excluding carboxylic acids is 1. The molecule has 1 amide bonds. The zero-order chi connectivity index (χ0) is 21.1. The molecule has 3 heterocycles. The monoisotopic (exact) mass is 418 g/mol. The number of rotatable bonds is 7. The second-order valence-corrected chi connectivity index (χ2v) is 8.61. The lowest BCUT2D eigenvalue weighted by Crippen LogP contribution is -2.50. The minimum absolute atomic E-state index is 0.000275. The van der Waals surface area contributed by atoms with Crippen molar-refractivity contribution in [2.75, 3.05) is 19.7 Å². The smallest absolute Gasteiger partial charge is 0.260 e. The Morgan fingerprint density at radius 2 is 2.06 bits per heavy atom. The zero-order valence-corrected chi connectivity index (χ0v) is 17.4. The van der Waals surface area contributed by atoms with Gasteiger partial charge in [-0.25, -0.2) is 0 Å². The van der Waals surface area contributed by atoms with Crippen LogP contribution in [-0.4, -0.2) is 45.6 Å². The summed E-state index contributed by atoms with van der Waals surface area (Å²) in [4.78, 5) is 23.8. The highest BCUT2D eigenvalue weighted by Gasteiger charge is 2.45. The lowest BCUT2D eigenvalue weighted by molar-refractivity contribution is -0.135. The molecule has 31 heavy (non-hydrogen) atoms. The summed E-state index contributed by atoms with van der Waals surface area (Å²) in [7, 11) is 0. The number of carbonyl (C=O) groups is 1. The first-order chi connectivity index (χ1) is 15.2. The van der Waals surface area contributed by atoms with E-state index in [-0.39, 0.29) is 17.9 Å². The van der Waals surface area contributed by atoms with Gasteiger partial charge in [0.05, 0.1) is 11.0 Å². The normalized spacial score (nSPS) is 21.1. The van der Waals surface area contributed by atoms with Gasteiger partial charge in [0.2, 0.25) is 0 Å². The van der Waals surface area contributed by atoms with Crippen molar-refractivity contribution in [2.24, 2.45) is 5.92 Å². The number of hydrogen-bond acceptors (Lipinski definition) is 6. The van der Waals surface area contributed by atoms with Crippen LogP contribution in [0.4, 0.5) is 0 Å². The number of pyridine rings is 1. The quantitative estimate of drug-likeness (QED) is 0.579. The molecular weight excluding hydrogens is 392 g/mol. The number of ether oxygens (including phenoxy) is 1. The number of benzene rings is 1. The van der Waals surface area contributed by atoms with Gasteiger partial charge in [0, 0.05) is 25.5 Å². The summed E-state index contributed by atoms with van der Waals surface area (Å²) in [6.45, 7) is 1.37. The van der Waals surface area contributed by atoms with Gasteiger partial charge in [-0.3, -0.25) is 9.78 Å². The van der Waals surface area contributed by atoms with Crippen LogP contribution < -0.4 is 4.74 Å². The molecule has 2 aromatic heterocycles. The van der Waals surface area contributed by atoms with E-state index in [9.17, 15) is 4.79 Å². The molecule has 1 saturated carbocycles. The second kappa shape index (κ2) is 8.49. The molecule has 7 nitrogen and oxygen atoms in total. The van der Waals surface area contributed by atoms with Gasteiger partial charge in [0.25, 0.3) is 11.8 Å². The van der Waals surface area contributed by atoms with E-state index in [0.717, 1.165) is 31.4 Å². The van der Waals surface area contributed by atoms with Gasteiger partial charge >= 0.3 is 0 Å². The van der Waals surface area contributed by atoms with Crippen LogP contribution in [0, 0.1) is 5.92 Å². The number of aromatic nitrogens is 3. The standard InChI is InChI=1S/C24H26N4O3/c29-21(16-30-20-7-2-1-3-8-20)28-13-5-11-24(17-28,14-18-9-10-18)23-26-22(31-27-23)19-6-4-12-25-15-19/h1-4,6-8,12,15,18H,5,9-11,13-14,16-17H2. The molecule has 2 fully saturated rings. The van der Waals surface area contributed by atoms with Crippen LogP contribution in [0.2, 0.25) is 0 Å². The summed E-state index contributed by atoms with van der Waals surface area (Å²) < 4.78 is 11.3. The van der Waals surface area contributed by atoms with Crippen molar-refractivity contribution in [1.29, 1.82) is 0 Å². The third kappa shape index (κ3) is 4.45. The Balaban J connectivity index is 1.34. The van der Waals surface area contributed by atoms with Crippen molar-refractivity contribution >= 4 is 5.91 Å². The SMILES string of the molecule is O=C(COc1ccccc1)N1CCCC(CC2CC2)(c2noc(-c3cccnc3)n2)C1. The highest BCUT2D eigenvalue weighted by Crippen LogP contribution is 2.45. The van der Waals surface area contributed by atoms with Crippen LogP contribution >= 0.6 is 0 Å². The van der Waals surface area contributed by atoms with E-state index in [1.807, 2.05) is 47.4 Å². The van der Waals surface area contributed by atoms with Crippen LogP contribution in [0.3, 0.4) is 0 Å². The predicted octanol–water partition coefficient (Wildman–Crippen LogP) is 3.87. The molecule has 3 aromatic rings. The zero-order valence-electron chi connectivity index (χ0n) is 17.4. The molecule has 5 rings (SSSR count). The van der Waals surface area contributed by atoms with E-state index in [0.29, 0.717) is 29.9 Å². The Labute approximate surface area is 181 Å². The van der Waals surface area contributed by atoms with E-state index < -0.39 is 0 Å². The Kier molecular flexibility index (Phi) is 5.40. The number of nitrogens with zero attached hydrogens (tertiary/aromatic N) is 4. The van der Waals surface area contributed by atoms with Crippen LogP contribution in [-0.2, 0) is 10.2 Å². The molecule has 1 atom stereocenters. The van der Waals surface area contributed by atoms with Gasteiger partial charge in [-0.15, -0.1) is 0 Å². The minimum Gasteiger partial charge on any atom is -0.484 e. The summed E-state index contributed by atoms with van der Waals surface area (Å²) in [5.74, 6) is 2.57. The number of hydrogen-bond donors (Lipinski definition) is 0. The molecule has 0 radical (unpaired) electrons. The van der Waals surface area contributed by atoms with E-state index in [1.165, 1.54) is 12.8 Å². The average molecular weight is 418 g/mol. The third-order valence-electron chi connectivity index (χ3n) is 6.22. The maximum absolute atomic E-state index is 12.9. The minimum atomic E-state index is -0.272. The summed E-state index contributed by atoms with van der Waals surface area (Å²) in [5.41, 5.74) is 0.536. The van der Waals surface area contributed by atoms with Gasteiger partial charge < -0.3 is 14.2 Å². The maximum Gasteiger partial charge on any atom is 0.260 e. The predicted molar refractivity (Wildman–Crippen MR) is 114 cm³/mol. The highest BCUT2D eigenvalue weighted by atomic mass is 16.5. The Hall–Kier alpha value is -3.22. The third-order valence-corrected chi connectivity index (χ3v) is 6.22. The van der Waals surface area contributed by atoms with E-state index in [4.69, 9.17) is 14.2 Å². The number of likely N-dealkylation sites (tertiary alicyclic amines) is 1. The summed E-state index contributed by atoms with van der Waals surface area (Å²) in [5, 5.41) is 4.37. The van der Waals surface area contributed by atoms with Gasteiger partial charge in [-0.2, -0.15) is 4.98 Å². The van der Waals surface area contributed by atoms with Crippen molar-refractivity contribution in [3.8, 4) is 17.2 Å². The van der Waals surface area contributed by atoms with E-state index >= 15 is 0 Å². The largest absolute Gasteiger partial charge is 0.484 e. The maximum atomic E-state index is 12.9. The molecule has 0 N–H and O–H groups in total. The van der Waals surface area contributed by atoms with Crippen LogP contribution in [0.1, 0.15) is 37.9 Å². The molecule has 1 aliphatic heterocycles. The number of para-hydroxylation sites is 1. The Morgan fingerprint density at radius 3 is 2.84 bits per heavy atom. The molecule has 1 aromatic carbocycles.